The normalized spacial score (nSPS) is 15.2. The van der Waals surface area contributed by atoms with E-state index in [4.69, 9.17) is 49.0 Å². The Labute approximate surface area is 182 Å². The zero-order chi connectivity index (χ0) is 21.5. The summed E-state index contributed by atoms with van der Waals surface area (Å²) < 4.78 is 16.7. The van der Waals surface area contributed by atoms with Gasteiger partial charge in [0.2, 0.25) is 0 Å². The molecule has 0 bridgehead atoms. The van der Waals surface area contributed by atoms with Crippen LogP contribution in [-0.4, -0.2) is 23.3 Å². The van der Waals surface area contributed by atoms with Gasteiger partial charge in [0, 0.05) is 17.2 Å². The first-order valence-corrected chi connectivity index (χ1v) is 10.1. The SMILES string of the molecule is CCCc1c(Cl)c(O)cc(OC)c1Oc1c(Cl)c(O)c(Cl)c2c1C(=O)OC2CC. The van der Waals surface area contributed by atoms with Gasteiger partial charge in [-0.3, -0.25) is 0 Å². The average Bonchev–Trinajstić information content (AvgIpc) is 3.04. The van der Waals surface area contributed by atoms with Gasteiger partial charge in [-0.05, 0) is 12.8 Å². The molecular formula is C20H19Cl3O6. The number of cyclic esters (lactones) is 1. The predicted octanol–water partition coefficient (Wildman–Crippen LogP) is 6.43. The van der Waals surface area contributed by atoms with Crippen LogP contribution in [0.1, 0.15) is 54.3 Å². The first-order chi connectivity index (χ1) is 13.8. The summed E-state index contributed by atoms with van der Waals surface area (Å²) in [4.78, 5) is 12.5. The van der Waals surface area contributed by atoms with E-state index in [-0.39, 0.29) is 43.6 Å². The summed E-state index contributed by atoms with van der Waals surface area (Å²) in [5, 5.41) is 20.3. The van der Waals surface area contributed by atoms with Crippen molar-refractivity contribution in [2.75, 3.05) is 7.11 Å². The summed E-state index contributed by atoms with van der Waals surface area (Å²) in [5.74, 6) is -0.989. The molecule has 0 radical (unpaired) electrons. The van der Waals surface area contributed by atoms with Crippen molar-refractivity contribution in [2.24, 2.45) is 0 Å². The Morgan fingerprint density at radius 1 is 1.10 bits per heavy atom. The molecule has 0 saturated carbocycles. The smallest absolute Gasteiger partial charge is 0.343 e. The van der Waals surface area contributed by atoms with Gasteiger partial charge in [-0.1, -0.05) is 55.1 Å². The topological polar surface area (TPSA) is 85.2 Å². The minimum atomic E-state index is -0.661. The van der Waals surface area contributed by atoms with E-state index in [2.05, 4.69) is 0 Å². The van der Waals surface area contributed by atoms with E-state index in [0.29, 0.717) is 30.4 Å². The Balaban J connectivity index is 2.28. The molecule has 2 N–H and O–H groups in total. The quantitative estimate of drug-likeness (QED) is 0.482. The molecule has 156 valence electrons. The van der Waals surface area contributed by atoms with Crippen LogP contribution in [0, 0.1) is 0 Å². The highest BCUT2D eigenvalue weighted by molar-refractivity contribution is 6.39. The number of hydrogen-bond donors (Lipinski definition) is 2. The maximum Gasteiger partial charge on any atom is 0.343 e. The first kappa shape index (κ1) is 21.7. The molecule has 3 rings (SSSR count). The zero-order valence-corrected chi connectivity index (χ0v) is 18.2. The van der Waals surface area contributed by atoms with Gasteiger partial charge >= 0.3 is 5.97 Å². The molecule has 29 heavy (non-hydrogen) atoms. The number of carbonyl (C=O) groups excluding carboxylic acids is 1. The number of aromatic hydroxyl groups is 2. The summed E-state index contributed by atoms with van der Waals surface area (Å²) in [6, 6.07) is 1.30. The van der Waals surface area contributed by atoms with Crippen LogP contribution in [0.2, 0.25) is 15.1 Å². The van der Waals surface area contributed by atoms with Crippen LogP contribution in [0.4, 0.5) is 0 Å². The highest BCUT2D eigenvalue weighted by Crippen LogP contribution is 2.54. The molecule has 0 saturated heterocycles. The van der Waals surface area contributed by atoms with Crippen molar-refractivity contribution < 1.29 is 29.2 Å². The number of esters is 1. The van der Waals surface area contributed by atoms with Crippen LogP contribution >= 0.6 is 34.8 Å². The molecular weight excluding hydrogens is 443 g/mol. The Kier molecular flexibility index (Phi) is 6.27. The van der Waals surface area contributed by atoms with E-state index in [0.717, 1.165) is 0 Å². The third kappa shape index (κ3) is 3.54. The van der Waals surface area contributed by atoms with Crippen molar-refractivity contribution >= 4 is 40.8 Å². The molecule has 1 aliphatic heterocycles. The molecule has 0 aromatic heterocycles. The number of methoxy groups -OCH3 is 1. The molecule has 0 fully saturated rings. The van der Waals surface area contributed by atoms with Gasteiger partial charge in [0.15, 0.2) is 23.0 Å². The first-order valence-electron chi connectivity index (χ1n) is 8.97. The van der Waals surface area contributed by atoms with E-state index in [1.807, 2.05) is 13.8 Å². The van der Waals surface area contributed by atoms with Gasteiger partial charge in [0.05, 0.1) is 17.2 Å². The maximum atomic E-state index is 12.5. The number of rotatable bonds is 6. The third-order valence-corrected chi connectivity index (χ3v) is 5.83. The molecule has 2 aromatic carbocycles. The van der Waals surface area contributed by atoms with Gasteiger partial charge in [0.25, 0.3) is 0 Å². The highest BCUT2D eigenvalue weighted by Gasteiger charge is 2.39. The summed E-state index contributed by atoms with van der Waals surface area (Å²) in [6.45, 7) is 3.75. The second kappa shape index (κ2) is 8.38. The van der Waals surface area contributed by atoms with E-state index in [1.54, 1.807) is 0 Å². The lowest BCUT2D eigenvalue weighted by Crippen LogP contribution is -2.03. The number of ether oxygens (including phenoxy) is 3. The van der Waals surface area contributed by atoms with E-state index in [1.165, 1.54) is 13.2 Å². The summed E-state index contributed by atoms with van der Waals surface area (Å²) in [6.07, 6.45) is 0.977. The van der Waals surface area contributed by atoms with Gasteiger partial charge in [0.1, 0.15) is 22.4 Å². The fourth-order valence-corrected chi connectivity index (χ4v) is 4.12. The van der Waals surface area contributed by atoms with E-state index in [9.17, 15) is 15.0 Å². The molecule has 1 unspecified atom stereocenters. The van der Waals surface area contributed by atoms with E-state index >= 15 is 0 Å². The van der Waals surface area contributed by atoms with Gasteiger partial charge in [-0.2, -0.15) is 0 Å². The molecule has 9 heteroatoms. The number of benzene rings is 2. The number of carbonyl (C=O) groups is 1. The Hall–Kier alpha value is -2.02. The van der Waals surface area contributed by atoms with Gasteiger partial charge in [-0.25, -0.2) is 4.79 Å². The standard InChI is InChI=1S/C20H19Cl3O6/c1-4-6-8-14(21)9(24)7-11(27-3)18(8)29-19-13-12(10(5-2)28-20(13)26)15(22)17(25)16(19)23/h7,10,24-25H,4-6H2,1-3H3. The van der Waals surface area contributed by atoms with Crippen LogP contribution < -0.4 is 9.47 Å². The van der Waals surface area contributed by atoms with Gasteiger partial charge < -0.3 is 24.4 Å². The van der Waals surface area contributed by atoms with Crippen molar-refractivity contribution in [3.63, 3.8) is 0 Å². The monoisotopic (exact) mass is 460 g/mol. The number of fused-ring (bicyclic) bond motifs is 1. The lowest BCUT2D eigenvalue weighted by Gasteiger charge is -2.19. The Morgan fingerprint density at radius 3 is 2.38 bits per heavy atom. The maximum absolute atomic E-state index is 12.5. The van der Waals surface area contributed by atoms with Crippen molar-refractivity contribution in [2.45, 2.75) is 39.2 Å². The van der Waals surface area contributed by atoms with Crippen molar-refractivity contribution in [1.82, 2.24) is 0 Å². The zero-order valence-electron chi connectivity index (χ0n) is 15.9. The molecule has 1 aliphatic rings. The second-order valence-corrected chi connectivity index (χ2v) is 7.60. The van der Waals surface area contributed by atoms with Crippen LogP contribution in [0.25, 0.3) is 0 Å². The van der Waals surface area contributed by atoms with Crippen molar-refractivity contribution in [3.05, 3.63) is 37.8 Å². The average molecular weight is 462 g/mol. The van der Waals surface area contributed by atoms with E-state index < -0.39 is 17.8 Å². The Bertz CT molecular complexity index is 989. The lowest BCUT2D eigenvalue weighted by molar-refractivity contribution is 0.0377. The van der Waals surface area contributed by atoms with Crippen molar-refractivity contribution in [1.29, 1.82) is 0 Å². The minimum absolute atomic E-state index is 0.0401. The highest BCUT2D eigenvalue weighted by atomic mass is 35.5. The number of halogens is 3. The van der Waals surface area contributed by atoms with Crippen LogP contribution in [0.3, 0.4) is 0 Å². The van der Waals surface area contributed by atoms with Crippen LogP contribution in [-0.2, 0) is 11.2 Å². The molecule has 2 aromatic rings. The van der Waals surface area contributed by atoms with Gasteiger partial charge in [-0.15, -0.1) is 0 Å². The number of phenolic OH excluding ortho intramolecular Hbond substituents is 2. The van der Waals surface area contributed by atoms with Crippen LogP contribution in [0.5, 0.6) is 28.7 Å². The largest absolute Gasteiger partial charge is 0.506 e. The van der Waals surface area contributed by atoms with Crippen molar-refractivity contribution in [3.8, 4) is 28.7 Å². The second-order valence-electron chi connectivity index (χ2n) is 6.47. The molecule has 0 amide bonds. The minimum Gasteiger partial charge on any atom is -0.506 e. The summed E-state index contributed by atoms with van der Waals surface area (Å²) in [5.41, 5.74) is 0.832. The summed E-state index contributed by atoms with van der Waals surface area (Å²) >= 11 is 18.8. The molecule has 6 nitrogen and oxygen atoms in total. The molecule has 1 atom stereocenters. The third-order valence-electron chi connectivity index (χ3n) is 4.67. The number of phenols is 2. The molecule has 0 aliphatic carbocycles. The molecule has 1 heterocycles. The number of hydrogen-bond acceptors (Lipinski definition) is 6. The summed E-state index contributed by atoms with van der Waals surface area (Å²) in [7, 11) is 1.40. The van der Waals surface area contributed by atoms with Crippen LogP contribution in [0.15, 0.2) is 6.07 Å². The lowest BCUT2D eigenvalue weighted by atomic mass is 10.0. The fraction of sp³-hybridized carbons (Fsp3) is 0.350. The Morgan fingerprint density at radius 2 is 1.79 bits per heavy atom. The predicted molar refractivity (Wildman–Crippen MR) is 110 cm³/mol. The fourth-order valence-electron chi connectivity index (χ4n) is 3.30. The molecule has 0 spiro atoms.